The molecule has 0 amide bonds. The lowest BCUT2D eigenvalue weighted by Gasteiger charge is -2.29. The zero-order chi connectivity index (χ0) is 12.9. The molecule has 0 radical (unpaired) electrons. The number of aromatic nitrogens is 2. The van der Waals surface area contributed by atoms with Crippen molar-refractivity contribution in [2.24, 2.45) is 0 Å². The van der Waals surface area contributed by atoms with Gasteiger partial charge >= 0.3 is 5.69 Å². The maximum Gasteiger partial charge on any atom is 0.351 e. The zero-order valence-electron chi connectivity index (χ0n) is 9.39. The Labute approximate surface area is 102 Å². The number of ether oxygens (including phenoxy) is 2. The summed E-state index contributed by atoms with van der Waals surface area (Å²) in [5.74, 6) is 0.109. The van der Waals surface area contributed by atoms with Crippen molar-refractivity contribution in [2.75, 3.05) is 18.9 Å². The predicted octanol–water partition coefficient (Wildman–Crippen LogP) is -2.15. The van der Waals surface area contributed by atoms with Crippen molar-refractivity contribution >= 4 is 5.82 Å². The molecule has 2 fully saturated rings. The van der Waals surface area contributed by atoms with E-state index in [0.717, 1.165) is 0 Å². The highest BCUT2D eigenvalue weighted by molar-refractivity contribution is 5.24. The molecule has 2 saturated heterocycles. The van der Waals surface area contributed by atoms with E-state index in [4.69, 9.17) is 15.2 Å². The summed E-state index contributed by atoms with van der Waals surface area (Å²) in [6.07, 6.45) is -1.05. The quantitative estimate of drug-likeness (QED) is 0.550. The number of fused-ring (bicyclic) bond motifs is 2. The fourth-order valence-electron chi connectivity index (χ4n) is 2.37. The Kier molecular flexibility index (Phi) is 2.42. The second-order valence-electron chi connectivity index (χ2n) is 4.49. The van der Waals surface area contributed by atoms with Gasteiger partial charge in [-0.1, -0.05) is 0 Å². The molecule has 0 aliphatic carbocycles. The van der Waals surface area contributed by atoms with Crippen molar-refractivity contribution < 1.29 is 19.7 Å². The van der Waals surface area contributed by atoms with Crippen molar-refractivity contribution in [3.8, 4) is 0 Å². The van der Waals surface area contributed by atoms with Crippen molar-refractivity contribution in [1.29, 1.82) is 0 Å². The van der Waals surface area contributed by atoms with Crippen LogP contribution in [-0.4, -0.2) is 50.8 Å². The molecule has 1 aromatic heterocycles. The number of hydrogen-bond donors (Lipinski definition) is 3. The van der Waals surface area contributed by atoms with Crippen LogP contribution in [0, 0.1) is 0 Å². The maximum atomic E-state index is 11.7. The van der Waals surface area contributed by atoms with Crippen LogP contribution in [0.3, 0.4) is 0 Å². The van der Waals surface area contributed by atoms with Crippen LogP contribution in [0.25, 0.3) is 0 Å². The largest absolute Gasteiger partial charge is 0.393 e. The molecule has 0 spiro atoms. The molecule has 98 valence electrons. The summed E-state index contributed by atoms with van der Waals surface area (Å²) in [5.41, 5.74) is 3.65. The van der Waals surface area contributed by atoms with Gasteiger partial charge in [-0.3, -0.25) is 4.57 Å². The van der Waals surface area contributed by atoms with E-state index >= 15 is 0 Å². The highest BCUT2D eigenvalue weighted by Gasteiger charge is 2.61. The molecule has 0 saturated carbocycles. The van der Waals surface area contributed by atoms with Gasteiger partial charge in [0.25, 0.3) is 0 Å². The zero-order valence-corrected chi connectivity index (χ0v) is 9.39. The van der Waals surface area contributed by atoms with Crippen LogP contribution in [0.5, 0.6) is 0 Å². The average Bonchev–Trinajstić information content (AvgIpc) is 2.81. The first-order valence-corrected chi connectivity index (χ1v) is 5.50. The highest BCUT2D eigenvalue weighted by atomic mass is 16.7. The average molecular weight is 255 g/mol. The minimum absolute atomic E-state index is 0.100. The van der Waals surface area contributed by atoms with Crippen LogP contribution in [0.2, 0.25) is 0 Å². The van der Waals surface area contributed by atoms with E-state index < -0.39 is 29.7 Å². The number of nitrogen functional groups attached to an aromatic ring is 1. The second kappa shape index (κ2) is 3.75. The third kappa shape index (κ3) is 1.40. The highest BCUT2D eigenvalue weighted by Crippen LogP contribution is 2.44. The molecule has 2 bridgehead atoms. The normalized spacial score (nSPS) is 38.2. The number of aliphatic hydroxyl groups is 2. The van der Waals surface area contributed by atoms with Gasteiger partial charge in [0.2, 0.25) is 0 Å². The number of nitrogens with two attached hydrogens (primary N) is 1. The molecule has 3 rings (SSSR count). The van der Waals surface area contributed by atoms with Gasteiger partial charge in [0.1, 0.15) is 23.6 Å². The standard InChI is InChI=1S/C10H13N3O5/c11-5-1-2-13(9(16)12-5)8-6-7(15)10(3-14,18-8)4-17-6/h1-2,6-8,14-15H,3-4H2,(H2,11,12,16)/t6?,7?,8?,10-/m0/s1. The van der Waals surface area contributed by atoms with Gasteiger partial charge in [-0.25, -0.2) is 4.79 Å². The lowest BCUT2D eigenvalue weighted by Crippen LogP contribution is -2.44. The molecule has 4 atom stereocenters. The summed E-state index contributed by atoms with van der Waals surface area (Å²) in [6.45, 7) is -0.276. The van der Waals surface area contributed by atoms with Crippen molar-refractivity contribution in [3.63, 3.8) is 0 Å². The Morgan fingerprint density at radius 3 is 3.06 bits per heavy atom. The van der Waals surface area contributed by atoms with Gasteiger partial charge in [-0.15, -0.1) is 0 Å². The van der Waals surface area contributed by atoms with Gasteiger partial charge in [-0.05, 0) is 6.07 Å². The topological polar surface area (TPSA) is 120 Å². The number of rotatable bonds is 2. The smallest absolute Gasteiger partial charge is 0.351 e. The van der Waals surface area contributed by atoms with E-state index in [1.54, 1.807) is 0 Å². The van der Waals surface area contributed by atoms with E-state index in [-0.39, 0.29) is 19.0 Å². The van der Waals surface area contributed by atoms with Gasteiger partial charge in [-0.2, -0.15) is 4.98 Å². The lowest BCUT2D eigenvalue weighted by atomic mass is 10.0. The molecule has 18 heavy (non-hydrogen) atoms. The molecule has 0 aromatic carbocycles. The number of aliphatic hydroxyl groups excluding tert-OH is 2. The molecule has 2 aliphatic rings. The summed E-state index contributed by atoms with van der Waals surface area (Å²) in [7, 11) is 0. The molecular formula is C10H13N3O5. The van der Waals surface area contributed by atoms with E-state index in [9.17, 15) is 15.0 Å². The fourth-order valence-corrected chi connectivity index (χ4v) is 2.37. The minimum Gasteiger partial charge on any atom is -0.393 e. The molecule has 4 N–H and O–H groups in total. The minimum atomic E-state index is -1.16. The molecule has 8 heteroatoms. The number of hydrogen-bond acceptors (Lipinski definition) is 7. The van der Waals surface area contributed by atoms with E-state index in [2.05, 4.69) is 4.98 Å². The fraction of sp³-hybridized carbons (Fsp3) is 0.600. The number of nitrogens with zero attached hydrogens (tertiary/aromatic N) is 2. The van der Waals surface area contributed by atoms with Crippen molar-refractivity contribution in [3.05, 3.63) is 22.7 Å². The van der Waals surface area contributed by atoms with E-state index in [1.807, 2.05) is 0 Å². The first kappa shape index (κ1) is 11.6. The Bertz CT molecular complexity index is 532. The first-order chi connectivity index (χ1) is 8.57. The summed E-state index contributed by atoms with van der Waals surface area (Å²) in [5, 5.41) is 19.3. The van der Waals surface area contributed by atoms with Crippen molar-refractivity contribution in [2.45, 2.75) is 24.0 Å². The third-order valence-electron chi connectivity index (χ3n) is 3.40. The molecule has 1 aromatic rings. The summed E-state index contributed by atoms with van der Waals surface area (Å²) in [4.78, 5) is 15.3. The summed E-state index contributed by atoms with van der Waals surface area (Å²) in [6, 6.07) is 1.45. The monoisotopic (exact) mass is 255 g/mol. The van der Waals surface area contributed by atoms with Gasteiger partial charge in [0.05, 0.1) is 13.2 Å². The Morgan fingerprint density at radius 2 is 2.44 bits per heavy atom. The third-order valence-corrected chi connectivity index (χ3v) is 3.40. The van der Waals surface area contributed by atoms with Crippen LogP contribution >= 0.6 is 0 Å². The SMILES string of the molecule is Nc1ccn(C2O[C@@]3(CO)COC2C3O)c(=O)n1. The number of anilines is 1. The van der Waals surface area contributed by atoms with Gasteiger partial charge in [0.15, 0.2) is 6.23 Å². The molecule has 2 aliphatic heterocycles. The van der Waals surface area contributed by atoms with Crippen molar-refractivity contribution in [1.82, 2.24) is 9.55 Å². The Hall–Kier alpha value is -1.48. The van der Waals surface area contributed by atoms with Crippen LogP contribution in [-0.2, 0) is 9.47 Å². The van der Waals surface area contributed by atoms with E-state index in [1.165, 1.54) is 16.8 Å². The Morgan fingerprint density at radius 1 is 1.67 bits per heavy atom. The second-order valence-corrected chi connectivity index (χ2v) is 4.49. The van der Waals surface area contributed by atoms with Crippen LogP contribution in [0.1, 0.15) is 6.23 Å². The van der Waals surface area contributed by atoms with Gasteiger partial charge < -0.3 is 25.4 Å². The van der Waals surface area contributed by atoms with E-state index in [0.29, 0.717) is 0 Å². The summed E-state index contributed by atoms with van der Waals surface area (Å²) < 4.78 is 12.1. The lowest BCUT2D eigenvalue weighted by molar-refractivity contribution is -0.187. The molecular weight excluding hydrogens is 242 g/mol. The first-order valence-electron chi connectivity index (χ1n) is 5.50. The predicted molar refractivity (Wildman–Crippen MR) is 58.6 cm³/mol. The van der Waals surface area contributed by atoms with Crippen LogP contribution in [0.15, 0.2) is 17.1 Å². The van der Waals surface area contributed by atoms with Gasteiger partial charge in [0, 0.05) is 6.20 Å². The molecule has 3 heterocycles. The molecule has 3 unspecified atom stereocenters. The molecule has 8 nitrogen and oxygen atoms in total. The Balaban J connectivity index is 1.98. The summed E-state index contributed by atoms with van der Waals surface area (Å²) >= 11 is 0. The van der Waals surface area contributed by atoms with Crippen LogP contribution in [0.4, 0.5) is 5.82 Å². The van der Waals surface area contributed by atoms with Crippen LogP contribution < -0.4 is 11.4 Å². The maximum absolute atomic E-state index is 11.7.